The second-order valence-electron chi connectivity index (χ2n) is 4.01. The first kappa shape index (κ1) is 14.5. The number of halogens is 1. The largest absolute Gasteiger partial charge is 0.314 e. The summed E-state index contributed by atoms with van der Waals surface area (Å²) < 4.78 is 0. The van der Waals surface area contributed by atoms with Crippen LogP contribution in [0.3, 0.4) is 0 Å². The van der Waals surface area contributed by atoms with Gasteiger partial charge in [-0.3, -0.25) is 4.90 Å². The first-order chi connectivity index (χ1) is 8.27. The molecule has 1 saturated heterocycles. The molecule has 96 valence electrons. The number of rotatable bonds is 2. The van der Waals surface area contributed by atoms with Gasteiger partial charge in [0.1, 0.15) is 0 Å². The number of hydrogen-bond acceptors (Lipinski definition) is 2. The Morgan fingerprint density at radius 1 is 1.12 bits per heavy atom. The average Bonchev–Trinajstić information content (AvgIpc) is 2.42. The van der Waals surface area contributed by atoms with Crippen LogP contribution in [0.4, 0.5) is 0 Å². The highest BCUT2D eigenvalue weighted by Crippen LogP contribution is 2.21. The molecule has 0 saturated carbocycles. The van der Waals surface area contributed by atoms with E-state index in [1.807, 2.05) is 26.0 Å². The second kappa shape index (κ2) is 7.70. The predicted molar refractivity (Wildman–Crippen MR) is 75.7 cm³/mol. The molecule has 17 heavy (non-hydrogen) atoms. The van der Waals surface area contributed by atoms with Crippen LogP contribution in [0.15, 0.2) is 24.3 Å². The summed E-state index contributed by atoms with van der Waals surface area (Å²) >= 11 is 5.88. The van der Waals surface area contributed by atoms with Crippen molar-refractivity contribution in [3.63, 3.8) is 0 Å². The summed E-state index contributed by atoms with van der Waals surface area (Å²) in [6, 6.07) is 8.67. The van der Waals surface area contributed by atoms with Crippen LogP contribution < -0.4 is 5.32 Å². The summed E-state index contributed by atoms with van der Waals surface area (Å²) in [5, 5.41) is 4.18. The molecule has 0 spiro atoms. The first-order valence-electron chi connectivity index (χ1n) is 6.47. The van der Waals surface area contributed by atoms with E-state index in [1.165, 1.54) is 5.56 Å². The fourth-order valence-electron chi connectivity index (χ4n) is 2.02. The van der Waals surface area contributed by atoms with Crippen LogP contribution in [0, 0.1) is 0 Å². The van der Waals surface area contributed by atoms with Crippen molar-refractivity contribution < 1.29 is 0 Å². The average molecular weight is 255 g/mol. The Morgan fingerprint density at radius 2 is 1.65 bits per heavy atom. The zero-order valence-corrected chi connectivity index (χ0v) is 11.8. The third-order valence-corrected chi connectivity index (χ3v) is 3.30. The van der Waals surface area contributed by atoms with Crippen LogP contribution in [-0.4, -0.2) is 31.1 Å². The Bertz CT molecular complexity index is 305. The van der Waals surface area contributed by atoms with Gasteiger partial charge in [-0.25, -0.2) is 0 Å². The molecule has 0 amide bonds. The molecule has 1 heterocycles. The smallest absolute Gasteiger partial charge is 0.0406 e. The highest BCUT2D eigenvalue weighted by atomic mass is 35.5. The molecule has 3 heteroatoms. The Labute approximate surface area is 110 Å². The third-order valence-electron chi connectivity index (χ3n) is 3.05. The van der Waals surface area contributed by atoms with Crippen LogP contribution in [0.25, 0.3) is 0 Å². The van der Waals surface area contributed by atoms with Crippen LogP contribution in [0.5, 0.6) is 0 Å². The minimum Gasteiger partial charge on any atom is -0.314 e. The second-order valence-corrected chi connectivity index (χ2v) is 4.45. The molecule has 2 nitrogen and oxygen atoms in total. The van der Waals surface area contributed by atoms with Gasteiger partial charge in [0.25, 0.3) is 0 Å². The monoisotopic (exact) mass is 254 g/mol. The van der Waals surface area contributed by atoms with E-state index in [-0.39, 0.29) is 0 Å². The lowest BCUT2D eigenvalue weighted by atomic mass is 10.1. The van der Waals surface area contributed by atoms with Gasteiger partial charge in [0, 0.05) is 37.2 Å². The van der Waals surface area contributed by atoms with E-state index in [4.69, 9.17) is 11.6 Å². The van der Waals surface area contributed by atoms with Crippen LogP contribution in [-0.2, 0) is 0 Å². The molecular weight excluding hydrogens is 232 g/mol. The first-order valence-corrected chi connectivity index (χ1v) is 6.85. The summed E-state index contributed by atoms with van der Waals surface area (Å²) in [4.78, 5) is 2.50. The van der Waals surface area contributed by atoms with Crippen molar-refractivity contribution in [3.8, 4) is 0 Å². The van der Waals surface area contributed by atoms with Crippen molar-refractivity contribution in [1.29, 1.82) is 0 Å². The molecule has 1 atom stereocenters. The SMILES string of the molecule is CC.CC(c1ccc(Cl)cc1)N1CCNCC1. The van der Waals surface area contributed by atoms with E-state index in [1.54, 1.807) is 0 Å². The molecule has 0 radical (unpaired) electrons. The molecule has 0 bridgehead atoms. The van der Waals surface area contributed by atoms with Crippen molar-refractivity contribution in [2.24, 2.45) is 0 Å². The lowest BCUT2D eigenvalue weighted by molar-refractivity contribution is 0.185. The lowest BCUT2D eigenvalue weighted by Gasteiger charge is -2.33. The highest BCUT2D eigenvalue weighted by Gasteiger charge is 2.17. The molecule has 1 unspecified atom stereocenters. The Hall–Kier alpha value is -0.570. The molecule has 1 N–H and O–H groups in total. The number of piperazine rings is 1. The van der Waals surface area contributed by atoms with Gasteiger partial charge >= 0.3 is 0 Å². The van der Waals surface area contributed by atoms with E-state index in [2.05, 4.69) is 29.3 Å². The normalized spacial score (nSPS) is 18.1. The molecule has 0 aromatic heterocycles. The Balaban J connectivity index is 0.000000686. The summed E-state index contributed by atoms with van der Waals surface area (Å²) in [7, 11) is 0. The Kier molecular flexibility index (Phi) is 6.56. The molecule has 0 aliphatic carbocycles. The zero-order chi connectivity index (χ0) is 12.7. The van der Waals surface area contributed by atoms with E-state index < -0.39 is 0 Å². The van der Waals surface area contributed by atoms with E-state index in [9.17, 15) is 0 Å². The van der Waals surface area contributed by atoms with Gasteiger partial charge in [-0.2, -0.15) is 0 Å². The van der Waals surface area contributed by atoms with Gasteiger partial charge in [0.2, 0.25) is 0 Å². The van der Waals surface area contributed by atoms with Gasteiger partial charge in [0.05, 0.1) is 0 Å². The molecule has 1 aliphatic heterocycles. The molecule has 1 fully saturated rings. The summed E-state index contributed by atoms with van der Waals surface area (Å²) in [6.07, 6.45) is 0. The lowest BCUT2D eigenvalue weighted by Crippen LogP contribution is -2.44. The van der Waals surface area contributed by atoms with E-state index in [0.29, 0.717) is 6.04 Å². The van der Waals surface area contributed by atoms with Crippen molar-refractivity contribution >= 4 is 11.6 Å². The van der Waals surface area contributed by atoms with Gasteiger partial charge in [0.15, 0.2) is 0 Å². The number of nitrogens with zero attached hydrogens (tertiary/aromatic N) is 1. The standard InChI is InChI=1S/C12H17ClN2.C2H6/c1-10(15-8-6-14-7-9-15)11-2-4-12(13)5-3-11;1-2/h2-5,10,14H,6-9H2,1H3;1-2H3. The highest BCUT2D eigenvalue weighted by molar-refractivity contribution is 6.30. The Morgan fingerprint density at radius 3 is 2.18 bits per heavy atom. The summed E-state index contributed by atoms with van der Waals surface area (Å²) in [5.41, 5.74) is 1.35. The zero-order valence-electron chi connectivity index (χ0n) is 11.0. The number of nitrogens with one attached hydrogen (secondary N) is 1. The van der Waals surface area contributed by atoms with Crippen molar-refractivity contribution in [2.45, 2.75) is 26.8 Å². The van der Waals surface area contributed by atoms with Gasteiger partial charge in [-0.15, -0.1) is 0 Å². The van der Waals surface area contributed by atoms with Gasteiger partial charge < -0.3 is 5.32 Å². The topological polar surface area (TPSA) is 15.3 Å². The van der Waals surface area contributed by atoms with Crippen molar-refractivity contribution in [2.75, 3.05) is 26.2 Å². The number of benzene rings is 1. The van der Waals surface area contributed by atoms with Gasteiger partial charge in [-0.1, -0.05) is 37.6 Å². The van der Waals surface area contributed by atoms with E-state index >= 15 is 0 Å². The van der Waals surface area contributed by atoms with Gasteiger partial charge in [-0.05, 0) is 24.6 Å². The molecule has 1 aliphatic rings. The van der Waals surface area contributed by atoms with E-state index in [0.717, 1.165) is 31.2 Å². The minimum atomic E-state index is 0.490. The van der Waals surface area contributed by atoms with Crippen molar-refractivity contribution in [3.05, 3.63) is 34.9 Å². The fourth-order valence-corrected chi connectivity index (χ4v) is 2.15. The minimum absolute atomic E-state index is 0.490. The molecular formula is C14H23ClN2. The maximum atomic E-state index is 5.88. The third kappa shape index (κ3) is 4.30. The van der Waals surface area contributed by atoms with Crippen LogP contribution in [0.2, 0.25) is 5.02 Å². The maximum absolute atomic E-state index is 5.88. The number of hydrogen-bond donors (Lipinski definition) is 1. The summed E-state index contributed by atoms with van der Waals surface area (Å²) in [6.45, 7) is 10.7. The maximum Gasteiger partial charge on any atom is 0.0406 e. The molecule has 1 aromatic carbocycles. The van der Waals surface area contributed by atoms with Crippen molar-refractivity contribution in [1.82, 2.24) is 10.2 Å². The van der Waals surface area contributed by atoms with Crippen LogP contribution in [0.1, 0.15) is 32.4 Å². The summed E-state index contributed by atoms with van der Waals surface area (Å²) in [5.74, 6) is 0. The van der Waals surface area contributed by atoms with Crippen LogP contribution >= 0.6 is 11.6 Å². The fraction of sp³-hybridized carbons (Fsp3) is 0.571. The quantitative estimate of drug-likeness (QED) is 0.871. The predicted octanol–water partition coefficient (Wildman–Crippen LogP) is 3.33. The molecule has 2 rings (SSSR count). The molecule has 1 aromatic rings.